The van der Waals surface area contributed by atoms with Gasteiger partial charge >= 0.3 is 0 Å². The molecular formula is C14H22N2. The molecule has 88 valence electrons. The molecule has 0 amide bonds. The second kappa shape index (κ2) is 3.22. The summed E-state index contributed by atoms with van der Waals surface area (Å²) >= 11 is 0. The summed E-state index contributed by atoms with van der Waals surface area (Å²) in [4.78, 5) is 7.03. The number of rotatable bonds is 0. The molecule has 0 bridgehead atoms. The van der Waals surface area contributed by atoms with Crippen LogP contribution in [0.25, 0.3) is 0 Å². The van der Waals surface area contributed by atoms with Crippen molar-refractivity contribution in [1.82, 2.24) is 4.98 Å². The van der Waals surface area contributed by atoms with Crippen molar-refractivity contribution in [3.63, 3.8) is 0 Å². The number of pyridine rings is 1. The van der Waals surface area contributed by atoms with E-state index in [1.807, 2.05) is 12.3 Å². The average Bonchev–Trinajstić information content (AvgIpc) is 2.35. The molecule has 2 rings (SSSR count). The Morgan fingerprint density at radius 1 is 1.31 bits per heavy atom. The molecule has 0 saturated carbocycles. The summed E-state index contributed by atoms with van der Waals surface area (Å²) in [5.74, 6) is 1.16. The van der Waals surface area contributed by atoms with E-state index in [0.717, 1.165) is 5.82 Å². The van der Waals surface area contributed by atoms with Crippen LogP contribution in [-0.4, -0.2) is 16.6 Å². The number of fused-ring (bicyclic) bond motifs is 1. The molecule has 0 spiro atoms. The first kappa shape index (κ1) is 11.4. The van der Waals surface area contributed by atoms with E-state index < -0.39 is 0 Å². The zero-order valence-electron chi connectivity index (χ0n) is 11.2. The maximum absolute atomic E-state index is 4.58. The fourth-order valence-electron chi connectivity index (χ4n) is 2.72. The Bertz CT molecular complexity index is 401. The summed E-state index contributed by atoms with van der Waals surface area (Å²) in [5.41, 5.74) is 1.67. The number of aromatic nitrogens is 1. The van der Waals surface area contributed by atoms with Crippen LogP contribution < -0.4 is 4.90 Å². The van der Waals surface area contributed by atoms with Crippen molar-refractivity contribution in [2.24, 2.45) is 0 Å². The zero-order chi connectivity index (χ0) is 12.1. The van der Waals surface area contributed by atoms with Gasteiger partial charge in [-0.1, -0.05) is 19.9 Å². The van der Waals surface area contributed by atoms with Gasteiger partial charge in [0.15, 0.2) is 0 Å². The Kier molecular flexibility index (Phi) is 2.30. The Balaban J connectivity index is 2.61. The molecule has 1 aliphatic heterocycles. The Morgan fingerprint density at radius 2 is 1.94 bits per heavy atom. The molecule has 2 heteroatoms. The van der Waals surface area contributed by atoms with Gasteiger partial charge in [-0.25, -0.2) is 4.98 Å². The SMILES string of the molecule is C[C@@H]1N(C(C)(C)C)c2ncccc2C1(C)C. The van der Waals surface area contributed by atoms with Crippen molar-refractivity contribution >= 4 is 5.82 Å². The normalized spacial score (nSPS) is 23.4. The van der Waals surface area contributed by atoms with Crippen LogP contribution >= 0.6 is 0 Å². The third kappa shape index (κ3) is 1.43. The van der Waals surface area contributed by atoms with Crippen molar-refractivity contribution < 1.29 is 0 Å². The van der Waals surface area contributed by atoms with E-state index in [2.05, 4.69) is 57.5 Å². The zero-order valence-corrected chi connectivity index (χ0v) is 11.2. The third-order valence-electron chi connectivity index (χ3n) is 3.86. The van der Waals surface area contributed by atoms with Crippen LogP contribution in [-0.2, 0) is 5.41 Å². The van der Waals surface area contributed by atoms with Crippen molar-refractivity contribution in [2.45, 2.75) is 58.5 Å². The molecule has 1 atom stereocenters. The number of hydrogen-bond donors (Lipinski definition) is 0. The van der Waals surface area contributed by atoms with Gasteiger partial charge in [-0.05, 0) is 33.8 Å². The van der Waals surface area contributed by atoms with E-state index >= 15 is 0 Å². The monoisotopic (exact) mass is 218 g/mol. The smallest absolute Gasteiger partial charge is 0.133 e. The van der Waals surface area contributed by atoms with Crippen LogP contribution in [0.4, 0.5) is 5.82 Å². The predicted molar refractivity (Wildman–Crippen MR) is 69.0 cm³/mol. The highest BCUT2D eigenvalue weighted by Crippen LogP contribution is 2.46. The molecule has 0 aliphatic carbocycles. The fraction of sp³-hybridized carbons (Fsp3) is 0.643. The molecular weight excluding hydrogens is 196 g/mol. The van der Waals surface area contributed by atoms with Gasteiger partial charge in [-0.15, -0.1) is 0 Å². The van der Waals surface area contributed by atoms with E-state index in [-0.39, 0.29) is 11.0 Å². The topological polar surface area (TPSA) is 16.1 Å². The highest BCUT2D eigenvalue weighted by atomic mass is 15.3. The van der Waals surface area contributed by atoms with Crippen molar-refractivity contribution in [2.75, 3.05) is 4.90 Å². The molecule has 0 aromatic carbocycles. The lowest BCUT2D eigenvalue weighted by molar-refractivity contribution is 0.376. The molecule has 0 N–H and O–H groups in total. The van der Waals surface area contributed by atoms with Gasteiger partial charge in [0.25, 0.3) is 0 Å². The van der Waals surface area contributed by atoms with Gasteiger partial charge in [0.2, 0.25) is 0 Å². The van der Waals surface area contributed by atoms with Gasteiger partial charge < -0.3 is 4.90 Å². The van der Waals surface area contributed by atoms with E-state index in [1.165, 1.54) is 5.56 Å². The van der Waals surface area contributed by atoms with Gasteiger partial charge in [0.05, 0.1) is 0 Å². The summed E-state index contributed by atoms with van der Waals surface area (Å²) < 4.78 is 0. The van der Waals surface area contributed by atoms with Gasteiger partial charge in [0, 0.05) is 28.8 Å². The highest BCUT2D eigenvalue weighted by Gasteiger charge is 2.46. The third-order valence-corrected chi connectivity index (χ3v) is 3.86. The molecule has 16 heavy (non-hydrogen) atoms. The number of hydrogen-bond acceptors (Lipinski definition) is 2. The van der Waals surface area contributed by atoms with Crippen LogP contribution in [0, 0.1) is 0 Å². The molecule has 1 aromatic heterocycles. The van der Waals surface area contributed by atoms with E-state index in [4.69, 9.17) is 0 Å². The molecule has 0 unspecified atom stereocenters. The van der Waals surface area contributed by atoms with Crippen LogP contribution in [0.2, 0.25) is 0 Å². The summed E-state index contributed by atoms with van der Waals surface area (Å²) in [6.07, 6.45) is 1.89. The minimum atomic E-state index is 0.121. The molecule has 0 radical (unpaired) electrons. The lowest BCUT2D eigenvalue weighted by Crippen LogP contribution is -2.49. The maximum atomic E-state index is 4.58. The van der Waals surface area contributed by atoms with E-state index in [0.29, 0.717) is 6.04 Å². The van der Waals surface area contributed by atoms with Crippen LogP contribution in [0.5, 0.6) is 0 Å². The number of nitrogens with zero attached hydrogens (tertiary/aromatic N) is 2. The molecule has 2 nitrogen and oxygen atoms in total. The van der Waals surface area contributed by atoms with Crippen LogP contribution in [0.3, 0.4) is 0 Å². The second-order valence-corrected chi connectivity index (χ2v) is 6.31. The standard InChI is InChI=1S/C14H22N2/c1-10-14(5,6)11-8-7-9-15-12(11)16(10)13(2,3)4/h7-10H,1-6H3/t10-/m0/s1. The summed E-state index contributed by atoms with van der Waals surface area (Å²) in [6.45, 7) is 13.7. The second-order valence-electron chi connectivity index (χ2n) is 6.31. The number of anilines is 1. The molecule has 0 saturated heterocycles. The predicted octanol–water partition coefficient (Wildman–Crippen LogP) is 3.37. The molecule has 1 aromatic rings. The van der Waals surface area contributed by atoms with E-state index in [1.54, 1.807) is 0 Å². The lowest BCUT2D eigenvalue weighted by atomic mass is 9.81. The van der Waals surface area contributed by atoms with Crippen molar-refractivity contribution in [3.8, 4) is 0 Å². The fourth-order valence-corrected chi connectivity index (χ4v) is 2.72. The summed E-state index contributed by atoms with van der Waals surface area (Å²) in [5, 5.41) is 0. The molecule has 0 fully saturated rings. The largest absolute Gasteiger partial charge is 0.348 e. The molecule has 1 aliphatic rings. The quantitative estimate of drug-likeness (QED) is 0.663. The van der Waals surface area contributed by atoms with Crippen LogP contribution in [0.15, 0.2) is 18.3 Å². The van der Waals surface area contributed by atoms with Gasteiger partial charge in [0.1, 0.15) is 5.82 Å². The lowest BCUT2D eigenvalue weighted by Gasteiger charge is -2.40. The van der Waals surface area contributed by atoms with Crippen LogP contribution in [0.1, 0.15) is 47.1 Å². The van der Waals surface area contributed by atoms with Crippen molar-refractivity contribution in [3.05, 3.63) is 23.9 Å². The maximum Gasteiger partial charge on any atom is 0.133 e. The van der Waals surface area contributed by atoms with Gasteiger partial charge in [-0.2, -0.15) is 0 Å². The molecule has 2 heterocycles. The summed E-state index contributed by atoms with van der Waals surface area (Å²) in [7, 11) is 0. The first-order valence-corrected chi connectivity index (χ1v) is 6.01. The summed E-state index contributed by atoms with van der Waals surface area (Å²) in [6, 6.07) is 4.74. The van der Waals surface area contributed by atoms with Crippen molar-refractivity contribution in [1.29, 1.82) is 0 Å². The van der Waals surface area contributed by atoms with Gasteiger partial charge in [-0.3, -0.25) is 0 Å². The Hall–Kier alpha value is -1.05. The minimum Gasteiger partial charge on any atom is -0.348 e. The highest BCUT2D eigenvalue weighted by molar-refractivity contribution is 5.60. The average molecular weight is 218 g/mol. The first-order valence-electron chi connectivity index (χ1n) is 6.01. The minimum absolute atomic E-state index is 0.121. The Morgan fingerprint density at radius 3 is 2.50 bits per heavy atom. The Labute approximate surface area is 98.7 Å². The first-order chi connectivity index (χ1) is 7.26. The van der Waals surface area contributed by atoms with E-state index in [9.17, 15) is 0 Å².